The van der Waals surface area contributed by atoms with E-state index in [1.807, 2.05) is 32.0 Å². The van der Waals surface area contributed by atoms with Gasteiger partial charge in [-0.25, -0.2) is 4.98 Å². The molecule has 2 N–H and O–H groups in total. The smallest absolute Gasteiger partial charge is 0.227 e. The molecule has 21 heavy (non-hydrogen) atoms. The van der Waals surface area contributed by atoms with Gasteiger partial charge in [-0.05, 0) is 38.0 Å². The Labute approximate surface area is 125 Å². The molecular weight excluding hydrogens is 266 g/mol. The van der Waals surface area contributed by atoms with Gasteiger partial charge in [-0.1, -0.05) is 19.1 Å². The van der Waals surface area contributed by atoms with Crippen molar-refractivity contribution in [1.29, 1.82) is 0 Å². The quantitative estimate of drug-likeness (QED) is 0.854. The third-order valence-electron chi connectivity index (χ3n) is 3.05. The fourth-order valence-corrected chi connectivity index (χ4v) is 1.94. The Hall–Kier alpha value is -2.14. The summed E-state index contributed by atoms with van der Waals surface area (Å²) in [7, 11) is 0. The molecule has 0 saturated carbocycles. The van der Waals surface area contributed by atoms with Crippen molar-refractivity contribution < 1.29 is 9.84 Å². The van der Waals surface area contributed by atoms with Crippen LogP contribution < -0.4 is 10.1 Å². The summed E-state index contributed by atoms with van der Waals surface area (Å²) in [5.74, 6) is 2.66. The number of rotatable bonds is 6. The van der Waals surface area contributed by atoms with E-state index < -0.39 is 0 Å². The Balaban J connectivity index is 2.28. The van der Waals surface area contributed by atoms with Gasteiger partial charge in [-0.15, -0.1) is 0 Å². The number of aromatic nitrogens is 2. The van der Waals surface area contributed by atoms with Gasteiger partial charge >= 0.3 is 0 Å². The molecule has 0 aliphatic heterocycles. The minimum absolute atomic E-state index is 0.0116. The number of aliphatic hydroxyl groups is 1. The number of hydrogen-bond donors (Lipinski definition) is 2. The second-order valence-corrected chi connectivity index (χ2v) is 4.88. The van der Waals surface area contributed by atoms with Crippen LogP contribution in [0.2, 0.25) is 0 Å². The zero-order valence-electron chi connectivity index (χ0n) is 12.7. The van der Waals surface area contributed by atoms with Crippen LogP contribution in [0.25, 0.3) is 0 Å². The molecule has 2 aromatic rings. The van der Waals surface area contributed by atoms with Crippen molar-refractivity contribution in [2.75, 3.05) is 11.9 Å². The van der Waals surface area contributed by atoms with Crippen LogP contribution in [0.3, 0.4) is 0 Å². The maximum atomic E-state index is 9.18. The first kappa shape index (κ1) is 15.3. The molecule has 0 radical (unpaired) electrons. The maximum Gasteiger partial charge on any atom is 0.227 e. The summed E-state index contributed by atoms with van der Waals surface area (Å²) >= 11 is 0. The van der Waals surface area contributed by atoms with Crippen molar-refractivity contribution in [3.8, 4) is 11.6 Å². The molecule has 0 bridgehead atoms. The van der Waals surface area contributed by atoms with Gasteiger partial charge in [0.15, 0.2) is 0 Å². The first-order valence-corrected chi connectivity index (χ1v) is 7.10. The first-order chi connectivity index (χ1) is 10.1. The number of ether oxygens (including phenoxy) is 1. The normalized spacial score (nSPS) is 10.5. The highest BCUT2D eigenvalue weighted by atomic mass is 16.5. The second kappa shape index (κ2) is 7.04. The topological polar surface area (TPSA) is 67.3 Å². The minimum Gasteiger partial charge on any atom is -0.439 e. The molecule has 0 saturated heterocycles. The molecule has 2 rings (SSSR count). The summed E-state index contributed by atoms with van der Waals surface area (Å²) in [5.41, 5.74) is 1.68. The van der Waals surface area contributed by atoms with Gasteiger partial charge in [0.25, 0.3) is 0 Å². The lowest BCUT2D eigenvalue weighted by molar-refractivity contribution is 0.281. The molecule has 1 heterocycles. The molecule has 0 fully saturated rings. The van der Waals surface area contributed by atoms with E-state index in [-0.39, 0.29) is 6.61 Å². The molecule has 1 aromatic carbocycles. The van der Waals surface area contributed by atoms with Crippen LogP contribution in [0.15, 0.2) is 24.3 Å². The molecule has 5 heteroatoms. The lowest BCUT2D eigenvalue weighted by Crippen LogP contribution is -2.07. The molecule has 0 aliphatic carbocycles. The minimum atomic E-state index is -0.0116. The van der Waals surface area contributed by atoms with E-state index >= 15 is 0 Å². The second-order valence-electron chi connectivity index (χ2n) is 4.88. The summed E-state index contributed by atoms with van der Waals surface area (Å²) in [4.78, 5) is 8.76. The van der Waals surface area contributed by atoms with Crippen LogP contribution in [0.4, 0.5) is 5.82 Å². The zero-order chi connectivity index (χ0) is 15.2. The number of nitrogens with one attached hydrogen (secondary N) is 1. The summed E-state index contributed by atoms with van der Waals surface area (Å²) in [5, 5.41) is 12.5. The van der Waals surface area contributed by atoms with Crippen LogP contribution >= 0.6 is 0 Å². The number of anilines is 1. The van der Waals surface area contributed by atoms with Gasteiger partial charge < -0.3 is 15.2 Å². The van der Waals surface area contributed by atoms with Gasteiger partial charge in [-0.2, -0.15) is 4.98 Å². The highest BCUT2D eigenvalue weighted by Gasteiger charge is 2.11. The molecule has 0 spiro atoms. The largest absolute Gasteiger partial charge is 0.439 e. The molecule has 0 atom stereocenters. The van der Waals surface area contributed by atoms with Crippen LogP contribution in [0.1, 0.15) is 30.3 Å². The number of aryl methyl sites for hydroxylation is 1. The third kappa shape index (κ3) is 3.92. The fraction of sp³-hybridized carbons (Fsp3) is 0.375. The van der Waals surface area contributed by atoms with Crippen molar-refractivity contribution in [1.82, 2.24) is 9.97 Å². The number of benzene rings is 1. The maximum absolute atomic E-state index is 9.18. The highest BCUT2D eigenvalue weighted by Crippen LogP contribution is 2.27. The number of nitrogens with zero attached hydrogens (tertiary/aromatic N) is 2. The van der Waals surface area contributed by atoms with Crippen LogP contribution in [-0.4, -0.2) is 21.6 Å². The third-order valence-corrected chi connectivity index (χ3v) is 3.05. The van der Waals surface area contributed by atoms with Crippen molar-refractivity contribution in [2.24, 2.45) is 0 Å². The van der Waals surface area contributed by atoms with Gasteiger partial charge in [0.05, 0.1) is 12.2 Å². The van der Waals surface area contributed by atoms with E-state index in [1.165, 1.54) is 0 Å². The molecule has 112 valence electrons. The first-order valence-electron chi connectivity index (χ1n) is 7.10. The Kier molecular flexibility index (Phi) is 5.11. The summed E-state index contributed by atoms with van der Waals surface area (Å²) in [6.45, 7) is 6.73. The van der Waals surface area contributed by atoms with E-state index in [1.54, 1.807) is 6.07 Å². The molecular formula is C16H21N3O2. The monoisotopic (exact) mass is 287 g/mol. The Morgan fingerprint density at radius 2 is 2.05 bits per heavy atom. The van der Waals surface area contributed by atoms with Gasteiger partial charge in [0, 0.05) is 6.54 Å². The van der Waals surface area contributed by atoms with E-state index in [4.69, 9.17) is 4.74 Å². The lowest BCUT2D eigenvalue weighted by Gasteiger charge is -2.13. The predicted octanol–water partition coefficient (Wildman–Crippen LogP) is 3.20. The predicted molar refractivity (Wildman–Crippen MR) is 82.7 cm³/mol. The van der Waals surface area contributed by atoms with Crippen molar-refractivity contribution in [3.63, 3.8) is 0 Å². The summed E-state index contributed by atoms with van der Waals surface area (Å²) in [6.07, 6.45) is 1.03. The molecule has 0 aliphatic rings. The average Bonchev–Trinajstić information content (AvgIpc) is 2.49. The molecule has 0 amide bonds. The highest BCUT2D eigenvalue weighted by molar-refractivity contribution is 5.49. The van der Waals surface area contributed by atoms with E-state index in [9.17, 15) is 5.11 Å². The Morgan fingerprint density at radius 3 is 2.76 bits per heavy atom. The van der Waals surface area contributed by atoms with Crippen molar-refractivity contribution in [3.05, 3.63) is 41.2 Å². The van der Waals surface area contributed by atoms with Crippen LogP contribution in [0.5, 0.6) is 11.6 Å². The molecule has 0 unspecified atom stereocenters. The lowest BCUT2D eigenvalue weighted by atomic mass is 10.2. The fourth-order valence-electron chi connectivity index (χ4n) is 1.94. The van der Waals surface area contributed by atoms with E-state index in [0.717, 1.165) is 29.9 Å². The van der Waals surface area contributed by atoms with E-state index in [2.05, 4.69) is 22.2 Å². The Bertz CT molecular complexity index is 614. The van der Waals surface area contributed by atoms with Crippen LogP contribution in [0, 0.1) is 13.8 Å². The SMILES string of the molecule is CCCNc1nc(C)nc(Oc2cccc(CO)c2)c1C. The standard InChI is InChI=1S/C16H21N3O2/c1-4-8-17-15-11(2)16(19-12(3)18-15)21-14-7-5-6-13(9-14)10-20/h5-7,9,20H,4,8,10H2,1-3H3,(H,17,18,19). The molecule has 5 nitrogen and oxygen atoms in total. The number of aliphatic hydroxyl groups excluding tert-OH is 1. The summed E-state index contributed by atoms with van der Waals surface area (Å²) in [6, 6.07) is 7.34. The molecule has 1 aromatic heterocycles. The summed E-state index contributed by atoms with van der Waals surface area (Å²) < 4.78 is 5.85. The zero-order valence-corrected chi connectivity index (χ0v) is 12.7. The Morgan fingerprint density at radius 1 is 1.24 bits per heavy atom. The van der Waals surface area contributed by atoms with Gasteiger partial charge in [0.1, 0.15) is 17.4 Å². The van der Waals surface area contributed by atoms with Crippen LogP contribution in [-0.2, 0) is 6.61 Å². The van der Waals surface area contributed by atoms with E-state index in [0.29, 0.717) is 17.5 Å². The van der Waals surface area contributed by atoms with Gasteiger partial charge in [0.2, 0.25) is 5.88 Å². The number of hydrogen-bond acceptors (Lipinski definition) is 5. The van der Waals surface area contributed by atoms with Crippen molar-refractivity contribution in [2.45, 2.75) is 33.8 Å². The van der Waals surface area contributed by atoms with Crippen molar-refractivity contribution >= 4 is 5.82 Å². The average molecular weight is 287 g/mol. The van der Waals surface area contributed by atoms with Gasteiger partial charge in [-0.3, -0.25) is 0 Å².